The molecule has 28 heavy (non-hydrogen) atoms. The molecule has 11 heteroatoms. The maximum absolute atomic E-state index is 12.3. The number of carbonyl (C=O) groups excluding carboxylic acids is 2. The number of alkyl halides is 3. The van der Waals surface area contributed by atoms with Crippen LogP contribution in [-0.2, 0) is 9.59 Å². The Balaban J connectivity index is 1.77. The number of ether oxygens (including phenoxy) is 1. The molecule has 154 valence electrons. The summed E-state index contributed by atoms with van der Waals surface area (Å²) in [6.07, 6.45) is -2.19. The van der Waals surface area contributed by atoms with E-state index in [0.29, 0.717) is 36.1 Å². The van der Waals surface area contributed by atoms with Crippen molar-refractivity contribution in [1.29, 1.82) is 0 Å². The molecule has 0 spiro atoms. The van der Waals surface area contributed by atoms with Crippen LogP contribution in [0, 0.1) is 0 Å². The van der Waals surface area contributed by atoms with Crippen LogP contribution in [0.3, 0.4) is 0 Å². The number of fused-ring (bicyclic) bond motifs is 1. The fourth-order valence-corrected chi connectivity index (χ4v) is 3.24. The maximum atomic E-state index is 12.3. The molecule has 0 aliphatic carbocycles. The molecule has 0 atom stereocenters. The third-order valence-corrected chi connectivity index (χ3v) is 4.53. The van der Waals surface area contributed by atoms with Crippen molar-refractivity contribution in [2.45, 2.75) is 38.5 Å². The Kier molecular flexibility index (Phi) is 8.00. The van der Waals surface area contributed by atoms with Gasteiger partial charge in [0.25, 0.3) is 0 Å². The van der Waals surface area contributed by atoms with E-state index in [9.17, 15) is 22.8 Å². The normalized spacial score (nSPS) is 11.4. The van der Waals surface area contributed by atoms with Crippen LogP contribution in [0.2, 0.25) is 0 Å². The molecule has 0 fully saturated rings. The van der Waals surface area contributed by atoms with Crippen LogP contribution in [0.1, 0.15) is 32.1 Å². The van der Waals surface area contributed by atoms with Gasteiger partial charge in [0.15, 0.2) is 5.13 Å². The van der Waals surface area contributed by atoms with Gasteiger partial charge in [-0.25, -0.2) is 4.98 Å². The first kappa shape index (κ1) is 21.9. The third-order valence-electron chi connectivity index (χ3n) is 3.60. The lowest BCUT2D eigenvalue weighted by Gasteiger charge is -2.07. The molecule has 2 aromatic rings. The highest BCUT2D eigenvalue weighted by Crippen LogP contribution is 2.31. The van der Waals surface area contributed by atoms with Gasteiger partial charge in [-0.1, -0.05) is 11.3 Å². The van der Waals surface area contributed by atoms with Gasteiger partial charge in [-0.05, 0) is 37.9 Å². The van der Waals surface area contributed by atoms with Crippen molar-refractivity contribution < 1.29 is 27.5 Å². The second kappa shape index (κ2) is 10.2. The second-order valence-corrected chi connectivity index (χ2v) is 6.97. The van der Waals surface area contributed by atoms with E-state index < -0.39 is 6.36 Å². The number of halogens is 3. The van der Waals surface area contributed by atoms with Crippen molar-refractivity contribution in [3.63, 3.8) is 0 Å². The molecule has 2 rings (SSSR count). The zero-order valence-corrected chi connectivity index (χ0v) is 15.8. The molecule has 0 saturated heterocycles. The summed E-state index contributed by atoms with van der Waals surface area (Å²) in [4.78, 5) is 27.6. The minimum atomic E-state index is -4.77. The summed E-state index contributed by atoms with van der Waals surface area (Å²) in [6.45, 7) is 0.933. The molecule has 4 N–H and O–H groups in total. The molecule has 2 amide bonds. The van der Waals surface area contributed by atoms with E-state index in [1.165, 1.54) is 12.1 Å². The summed E-state index contributed by atoms with van der Waals surface area (Å²) in [5.41, 5.74) is 5.82. The highest BCUT2D eigenvalue weighted by atomic mass is 32.1. The minimum Gasteiger partial charge on any atom is -0.406 e. The standard InChI is InChI=1S/C17H21F3N4O3S/c18-17(19,20)27-11-6-7-12-13(10-11)28-16(23-12)24-15(26)5-3-9-22-14(25)4-1-2-8-21/h6-7,10H,1-5,8-9,21H2,(H,22,25)(H,23,24,26). The number of carbonyl (C=O) groups is 2. The SMILES string of the molecule is NCCCCC(=O)NCCCC(=O)Nc1nc2ccc(OC(F)(F)F)cc2s1. The molecule has 1 aromatic carbocycles. The lowest BCUT2D eigenvalue weighted by Crippen LogP contribution is -2.25. The molecular formula is C17H21F3N4O3S. The monoisotopic (exact) mass is 418 g/mol. The van der Waals surface area contributed by atoms with Crippen LogP contribution in [0.25, 0.3) is 10.2 Å². The number of hydrogen-bond donors (Lipinski definition) is 3. The van der Waals surface area contributed by atoms with E-state index >= 15 is 0 Å². The fraction of sp³-hybridized carbons (Fsp3) is 0.471. The Labute approximate surface area is 163 Å². The van der Waals surface area contributed by atoms with E-state index in [-0.39, 0.29) is 29.1 Å². The van der Waals surface area contributed by atoms with Crippen molar-refractivity contribution in [3.8, 4) is 5.75 Å². The number of nitrogens with two attached hydrogens (primary N) is 1. The first-order chi connectivity index (χ1) is 13.3. The number of anilines is 1. The first-order valence-corrected chi connectivity index (χ1v) is 9.51. The highest BCUT2D eigenvalue weighted by molar-refractivity contribution is 7.22. The highest BCUT2D eigenvalue weighted by Gasteiger charge is 2.31. The molecule has 0 aliphatic rings. The van der Waals surface area contributed by atoms with Gasteiger partial charge in [-0.15, -0.1) is 13.2 Å². The summed E-state index contributed by atoms with van der Waals surface area (Å²) in [7, 11) is 0. The zero-order valence-electron chi connectivity index (χ0n) is 15.0. The fourth-order valence-electron chi connectivity index (χ4n) is 2.33. The van der Waals surface area contributed by atoms with Gasteiger partial charge in [-0.2, -0.15) is 0 Å². The Morgan fingerprint density at radius 2 is 1.89 bits per heavy atom. The lowest BCUT2D eigenvalue weighted by molar-refractivity contribution is -0.274. The summed E-state index contributed by atoms with van der Waals surface area (Å²) in [5.74, 6) is -0.705. The Morgan fingerprint density at radius 1 is 1.14 bits per heavy atom. The summed E-state index contributed by atoms with van der Waals surface area (Å²) >= 11 is 1.05. The number of benzene rings is 1. The topological polar surface area (TPSA) is 106 Å². The lowest BCUT2D eigenvalue weighted by atomic mass is 10.2. The smallest absolute Gasteiger partial charge is 0.406 e. The van der Waals surface area contributed by atoms with Gasteiger partial charge in [0.2, 0.25) is 11.8 Å². The number of amides is 2. The Morgan fingerprint density at radius 3 is 2.61 bits per heavy atom. The van der Waals surface area contributed by atoms with Crippen LogP contribution < -0.4 is 21.1 Å². The first-order valence-electron chi connectivity index (χ1n) is 8.70. The van der Waals surface area contributed by atoms with Crippen molar-refractivity contribution >= 4 is 38.5 Å². The molecule has 7 nitrogen and oxygen atoms in total. The van der Waals surface area contributed by atoms with E-state index in [1.54, 1.807) is 0 Å². The molecule has 1 aromatic heterocycles. The van der Waals surface area contributed by atoms with Crippen molar-refractivity contribution in [2.75, 3.05) is 18.4 Å². The van der Waals surface area contributed by atoms with Crippen molar-refractivity contribution in [1.82, 2.24) is 10.3 Å². The van der Waals surface area contributed by atoms with E-state index in [0.717, 1.165) is 30.2 Å². The second-order valence-electron chi connectivity index (χ2n) is 5.94. The van der Waals surface area contributed by atoms with Gasteiger partial charge in [0.1, 0.15) is 5.75 Å². The number of unbranched alkanes of at least 4 members (excludes halogenated alkanes) is 1. The predicted molar refractivity (Wildman–Crippen MR) is 100 cm³/mol. The molecule has 0 unspecified atom stereocenters. The summed E-state index contributed by atoms with van der Waals surface area (Å²) < 4.78 is 41.1. The van der Waals surface area contributed by atoms with Gasteiger partial charge in [0.05, 0.1) is 10.2 Å². The van der Waals surface area contributed by atoms with Crippen LogP contribution in [-0.4, -0.2) is 36.3 Å². The largest absolute Gasteiger partial charge is 0.573 e. The van der Waals surface area contributed by atoms with Crippen LogP contribution in [0.4, 0.5) is 18.3 Å². The number of rotatable bonds is 10. The number of thiazole rings is 1. The number of nitrogens with zero attached hydrogens (tertiary/aromatic N) is 1. The summed E-state index contributed by atoms with van der Waals surface area (Å²) in [5, 5.41) is 5.62. The third kappa shape index (κ3) is 7.69. The van der Waals surface area contributed by atoms with Gasteiger partial charge in [0, 0.05) is 25.5 Å². The molecule has 0 radical (unpaired) electrons. The van der Waals surface area contributed by atoms with Gasteiger partial charge < -0.3 is 21.1 Å². The number of aromatic nitrogens is 1. The molecule has 0 aliphatic heterocycles. The zero-order chi connectivity index (χ0) is 20.6. The summed E-state index contributed by atoms with van der Waals surface area (Å²) in [6, 6.07) is 3.77. The van der Waals surface area contributed by atoms with Crippen LogP contribution in [0.5, 0.6) is 5.75 Å². The molecule has 0 bridgehead atoms. The van der Waals surface area contributed by atoms with E-state index in [2.05, 4.69) is 20.4 Å². The molecule has 1 heterocycles. The molecule has 0 saturated carbocycles. The quantitative estimate of drug-likeness (QED) is 0.514. The van der Waals surface area contributed by atoms with E-state index in [4.69, 9.17) is 5.73 Å². The minimum absolute atomic E-state index is 0.0723. The van der Waals surface area contributed by atoms with Crippen molar-refractivity contribution in [3.05, 3.63) is 18.2 Å². The van der Waals surface area contributed by atoms with Crippen LogP contribution in [0.15, 0.2) is 18.2 Å². The molecular weight excluding hydrogens is 397 g/mol. The number of hydrogen-bond acceptors (Lipinski definition) is 6. The predicted octanol–water partition coefficient (Wildman–Crippen LogP) is 3.16. The van der Waals surface area contributed by atoms with Crippen molar-refractivity contribution in [2.24, 2.45) is 5.73 Å². The maximum Gasteiger partial charge on any atom is 0.573 e. The van der Waals surface area contributed by atoms with Crippen LogP contribution >= 0.6 is 11.3 Å². The Hall–Kier alpha value is -2.40. The van der Waals surface area contributed by atoms with E-state index in [1.807, 2.05) is 0 Å². The number of nitrogens with one attached hydrogen (secondary N) is 2. The van der Waals surface area contributed by atoms with Gasteiger partial charge >= 0.3 is 6.36 Å². The average Bonchev–Trinajstić information content (AvgIpc) is 2.99. The van der Waals surface area contributed by atoms with Gasteiger partial charge in [-0.3, -0.25) is 9.59 Å². The Bertz CT molecular complexity index is 811. The average molecular weight is 418 g/mol.